The van der Waals surface area contributed by atoms with Gasteiger partial charge in [0.1, 0.15) is 4.90 Å². The molecule has 0 bridgehead atoms. The monoisotopic (exact) mass is 474 g/mol. The standard InChI is InChI=1S/C20H24Cl2N2O3S2/c1-13(2)19(17-4-3-11-28-17)23-20(25)14-7-9-24(10-8-14)29(26,27)18-12-15(21)5-6-16(18)22/h3-6,11-14,19H,7-10H2,1-2H3,(H,23,25). The summed E-state index contributed by atoms with van der Waals surface area (Å²) in [5.74, 6) is 0.0375. The summed E-state index contributed by atoms with van der Waals surface area (Å²) in [5, 5.41) is 5.62. The normalized spacial score (nSPS) is 17.4. The minimum absolute atomic E-state index is 0.00661. The number of nitrogens with zero attached hydrogens (tertiary/aromatic N) is 1. The van der Waals surface area contributed by atoms with E-state index in [0.717, 1.165) is 4.88 Å². The van der Waals surface area contributed by atoms with Crippen LogP contribution in [0.15, 0.2) is 40.6 Å². The van der Waals surface area contributed by atoms with E-state index < -0.39 is 10.0 Å². The Morgan fingerprint density at radius 1 is 1.21 bits per heavy atom. The molecular formula is C20H24Cl2N2O3S2. The molecule has 29 heavy (non-hydrogen) atoms. The number of carbonyl (C=O) groups is 1. The quantitative estimate of drug-likeness (QED) is 0.642. The average Bonchev–Trinajstić information content (AvgIpc) is 3.22. The van der Waals surface area contributed by atoms with Crippen molar-refractivity contribution >= 4 is 50.5 Å². The van der Waals surface area contributed by atoms with Gasteiger partial charge in [-0.05, 0) is 48.4 Å². The smallest absolute Gasteiger partial charge is 0.244 e. The molecule has 1 aromatic heterocycles. The van der Waals surface area contributed by atoms with Gasteiger partial charge >= 0.3 is 0 Å². The molecule has 5 nitrogen and oxygen atoms in total. The van der Waals surface area contributed by atoms with Crippen LogP contribution in [0.3, 0.4) is 0 Å². The number of amides is 1. The number of halogens is 2. The first kappa shape index (κ1) is 22.6. The molecule has 0 aliphatic carbocycles. The molecule has 158 valence electrons. The minimum atomic E-state index is -3.75. The summed E-state index contributed by atoms with van der Waals surface area (Å²) in [6.07, 6.45) is 0.941. The van der Waals surface area contributed by atoms with Crippen molar-refractivity contribution in [3.63, 3.8) is 0 Å². The van der Waals surface area contributed by atoms with E-state index in [1.54, 1.807) is 17.4 Å². The maximum absolute atomic E-state index is 12.9. The van der Waals surface area contributed by atoms with Crippen LogP contribution in [0.2, 0.25) is 10.0 Å². The van der Waals surface area contributed by atoms with Gasteiger partial charge in [-0.2, -0.15) is 4.31 Å². The van der Waals surface area contributed by atoms with E-state index in [4.69, 9.17) is 23.2 Å². The Bertz CT molecular complexity index is 954. The van der Waals surface area contributed by atoms with Gasteiger partial charge < -0.3 is 5.32 Å². The van der Waals surface area contributed by atoms with Crippen LogP contribution in [0, 0.1) is 11.8 Å². The summed E-state index contributed by atoms with van der Waals surface area (Å²) in [6.45, 7) is 4.70. The first-order valence-electron chi connectivity index (χ1n) is 9.49. The van der Waals surface area contributed by atoms with Crippen molar-refractivity contribution < 1.29 is 13.2 Å². The summed E-state index contributed by atoms with van der Waals surface area (Å²) in [4.78, 5) is 14.0. The zero-order chi connectivity index (χ0) is 21.2. The van der Waals surface area contributed by atoms with Crippen LogP contribution in [-0.2, 0) is 14.8 Å². The average molecular weight is 475 g/mol. The molecule has 3 rings (SSSR count). The van der Waals surface area contributed by atoms with Gasteiger partial charge in [0, 0.05) is 28.9 Å². The van der Waals surface area contributed by atoms with Crippen LogP contribution >= 0.6 is 34.5 Å². The van der Waals surface area contributed by atoms with Crippen molar-refractivity contribution in [3.8, 4) is 0 Å². The van der Waals surface area contributed by atoms with Gasteiger partial charge in [-0.1, -0.05) is 43.1 Å². The Morgan fingerprint density at radius 3 is 2.48 bits per heavy atom. The summed E-state index contributed by atoms with van der Waals surface area (Å²) in [5.41, 5.74) is 0. The van der Waals surface area contributed by atoms with Crippen LogP contribution in [0.4, 0.5) is 0 Å². The highest BCUT2D eigenvalue weighted by atomic mass is 35.5. The number of piperidine rings is 1. The lowest BCUT2D eigenvalue weighted by Gasteiger charge is -2.32. The van der Waals surface area contributed by atoms with Crippen molar-refractivity contribution in [1.82, 2.24) is 9.62 Å². The highest BCUT2D eigenvalue weighted by Gasteiger charge is 2.34. The molecule has 1 N–H and O–H groups in total. The molecule has 1 saturated heterocycles. The lowest BCUT2D eigenvalue weighted by atomic mass is 9.95. The molecule has 1 amide bonds. The Hall–Kier alpha value is -1.12. The number of hydrogen-bond acceptors (Lipinski definition) is 4. The maximum atomic E-state index is 12.9. The molecule has 1 aromatic carbocycles. The zero-order valence-electron chi connectivity index (χ0n) is 16.3. The Balaban J connectivity index is 1.65. The van der Waals surface area contributed by atoms with Crippen molar-refractivity contribution in [2.75, 3.05) is 13.1 Å². The van der Waals surface area contributed by atoms with Gasteiger partial charge in [0.05, 0.1) is 11.1 Å². The fourth-order valence-corrected chi connectivity index (χ4v) is 6.63. The first-order valence-corrected chi connectivity index (χ1v) is 12.6. The molecule has 9 heteroatoms. The van der Waals surface area contributed by atoms with Gasteiger partial charge in [0.25, 0.3) is 0 Å². The Labute approximate surface area is 186 Å². The number of sulfonamides is 1. The van der Waals surface area contributed by atoms with Gasteiger partial charge in [-0.25, -0.2) is 8.42 Å². The molecule has 0 saturated carbocycles. The van der Waals surface area contributed by atoms with E-state index in [9.17, 15) is 13.2 Å². The fourth-order valence-electron chi connectivity index (χ4n) is 3.48. The third kappa shape index (κ3) is 5.14. The van der Waals surface area contributed by atoms with Crippen molar-refractivity contribution in [1.29, 1.82) is 0 Å². The van der Waals surface area contributed by atoms with Crippen LogP contribution in [0.1, 0.15) is 37.6 Å². The number of thiophene rings is 1. The predicted octanol–water partition coefficient (Wildman–Crippen LogP) is 4.97. The molecular weight excluding hydrogens is 451 g/mol. The predicted molar refractivity (Wildman–Crippen MR) is 118 cm³/mol. The minimum Gasteiger partial charge on any atom is -0.348 e. The van der Waals surface area contributed by atoms with Gasteiger partial charge in [0.2, 0.25) is 15.9 Å². The van der Waals surface area contributed by atoms with E-state index in [1.165, 1.54) is 16.4 Å². The summed E-state index contributed by atoms with van der Waals surface area (Å²) >= 11 is 13.7. The van der Waals surface area contributed by atoms with Crippen LogP contribution in [0.5, 0.6) is 0 Å². The third-order valence-electron chi connectivity index (χ3n) is 5.15. The number of carbonyl (C=O) groups excluding carboxylic acids is 1. The maximum Gasteiger partial charge on any atom is 0.244 e. The second-order valence-corrected chi connectivity index (χ2v) is 11.2. The lowest BCUT2D eigenvalue weighted by Crippen LogP contribution is -2.44. The van der Waals surface area contributed by atoms with Crippen LogP contribution in [-0.4, -0.2) is 31.7 Å². The van der Waals surface area contributed by atoms with E-state index >= 15 is 0 Å². The summed E-state index contributed by atoms with van der Waals surface area (Å²) in [6, 6.07) is 8.37. The highest BCUT2D eigenvalue weighted by Crippen LogP contribution is 2.31. The van der Waals surface area contributed by atoms with Crippen LogP contribution in [0.25, 0.3) is 0 Å². The Morgan fingerprint density at radius 2 is 1.90 bits per heavy atom. The SMILES string of the molecule is CC(C)C(NC(=O)C1CCN(S(=O)(=O)c2cc(Cl)ccc2Cl)CC1)c1cccs1. The zero-order valence-corrected chi connectivity index (χ0v) is 19.4. The molecule has 1 fully saturated rings. The van der Waals surface area contributed by atoms with Gasteiger partial charge in [-0.3, -0.25) is 4.79 Å². The fraction of sp³-hybridized carbons (Fsp3) is 0.450. The van der Waals surface area contributed by atoms with Gasteiger partial charge in [0.15, 0.2) is 0 Å². The van der Waals surface area contributed by atoms with Crippen molar-refractivity contribution in [3.05, 3.63) is 50.6 Å². The van der Waals surface area contributed by atoms with E-state index in [-0.39, 0.29) is 46.8 Å². The lowest BCUT2D eigenvalue weighted by molar-refractivity contribution is -0.127. The van der Waals surface area contributed by atoms with Crippen molar-refractivity contribution in [2.45, 2.75) is 37.6 Å². The van der Waals surface area contributed by atoms with Crippen molar-refractivity contribution in [2.24, 2.45) is 11.8 Å². The number of rotatable bonds is 6. The number of hydrogen-bond donors (Lipinski definition) is 1. The molecule has 2 heterocycles. The highest BCUT2D eigenvalue weighted by molar-refractivity contribution is 7.89. The molecule has 0 spiro atoms. The molecule has 1 unspecified atom stereocenters. The van der Waals surface area contributed by atoms with E-state index in [2.05, 4.69) is 19.2 Å². The van der Waals surface area contributed by atoms with E-state index in [0.29, 0.717) is 17.9 Å². The largest absolute Gasteiger partial charge is 0.348 e. The third-order valence-corrected chi connectivity index (χ3v) is 8.72. The molecule has 1 aliphatic rings. The molecule has 0 radical (unpaired) electrons. The van der Waals surface area contributed by atoms with Gasteiger partial charge in [-0.15, -0.1) is 11.3 Å². The number of benzene rings is 1. The Kier molecular flexibility index (Phi) is 7.27. The second-order valence-electron chi connectivity index (χ2n) is 7.50. The molecule has 1 atom stereocenters. The first-order chi connectivity index (χ1) is 13.7. The summed E-state index contributed by atoms with van der Waals surface area (Å²) in [7, 11) is -3.75. The second kappa shape index (κ2) is 9.35. The topological polar surface area (TPSA) is 66.5 Å². The summed E-state index contributed by atoms with van der Waals surface area (Å²) < 4.78 is 27.3. The molecule has 2 aromatic rings. The van der Waals surface area contributed by atoms with Crippen LogP contribution < -0.4 is 5.32 Å². The molecule has 1 aliphatic heterocycles. The number of nitrogens with one attached hydrogen (secondary N) is 1. The van der Waals surface area contributed by atoms with E-state index in [1.807, 2.05) is 17.5 Å².